The van der Waals surface area contributed by atoms with Gasteiger partial charge in [-0.3, -0.25) is 4.31 Å². The van der Waals surface area contributed by atoms with Crippen LogP contribution in [0.15, 0.2) is 59.5 Å². The number of nitrogens with zero attached hydrogens (tertiary/aromatic N) is 6. The Balaban J connectivity index is 1.42. The molecule has 0 radical (unpaired) electrons. The quantitative estimate of drug-likeness (QED) is 0.536. The Bertz CT molecular complexity index is 1280. The van der Waals surface area contributed by atoms with Gasteiger partial charge in [0.1, 0.15) is 23.2 Å². The van der Waals surface area contributed by atoms with Crippen LogP contribution in [0.2, 0.25) is 0 Å². The van der Waals surface area contributed by atoms with Gasteiger partial charge in [0.2, 0.25) is 5.95 Å². The van der Waals surface area contributed by atoms with Crippen molar-refractivity contribution >= 4 is 38.7 Å². The molecule has 5 rings (SSSR count). The minimum atomic E-state index is -3.56. The molecule has 11 heteroatoms. The Morgan fingerprint density at radius 3 is 2.76 bits per heavy atom. The molecule has 29 heavy (non-hydrogen) atoms. The van der Waals surface area contributed by atoms with Gasteiger partial charge in [-0.25, -0.2) is 28.1 Å². The van der Waals surface area contributed by atoms with Crippen LogP contribution < -0.4 is 9.62 Å². The summed E-state index contributed by atoms with van der Waals surface area (Å²) in [6, 6.07) is 9.45. The number of sulfonamides is 1. The second kappa shape index (κ2) is 6.64. The van der Waals surface area contributed by atoms with Crippen LogP contribution >= 0.6 is 11.3 Å². The number of hydrogen-bond donors (Lipinski definition) is 1. The number of hydrogen-bond acceptors (Lipinski definition) is 8. The monoisotopic (exact) mass is 425 g/mol. The topological polar surface area (TPSA) is 106 Å². The lowest BCUT2D eigenvalue weighted by Gasteiger charge is -2.26. The van der Waals surface area contributed by atoms with E-state index >= 15 is 0 Å². The predicted octanol–water partition coefficient (Wildman–Crippen LogP) is 2.73. The average molecular weight is 425 g/mol. The minimum absolute atomic E-state index is 0.277. The molecule has 1 aliphatic rings. The first-order valence-corrected chi connectivity index (χ1v) is 11.0. The zero-order valence-corrected chi connectivity index (χ0v) is 16.9. The average Bonchev–Trinajstić information content (AvgIpc) is 3.40. The maximum atomic E-state index is 12.6. The van der Waals surface area contributed by atoms with Crippen LogP contribution in [0.4, 0.5) is 17.3 Å². The summed E-state index contributed by atoms with van der Waals surface area (Å²) in [5.74, 6) is 0.403. The standard InChI is InChI=1S/C18H15N7O2S2/c1-24-14-8-20-18(23-16(14)17-15(6-7-28-17)29(24,26)27)22-13-4-2-12(3-5-13)9-25-11-19-10-21-25/h2-8,10-11H,9H2,1H3,(H,20,22,23). The molecule has 0 aliphatic carbocycles. The van der Waals surface area contributed by atoms with Gasteiger partial charge in [0, 0.05) is 12.7 Å². The number of thiophene rings is 1. The van der Waals surface area contributed by atoms with E-state index in [4.69, 9.17) is 0 Å². The molecule has 0 bridgehead atoms. The SMILES string of the molecule is CN1c2cnc(Nc3ccc(Cn4cncn4)cc3)nc2-c2sccc2S1(=O)=O. The largest absolute Gasteiger partial charge is 0.324 e. The van der Waals surface area contributed by atoms with Crippen molar-refractivity contribution in [2.24, 2.45) is 0 Å². The molecule has 0 unspecified atom stereocenters. The molecule has 9 nitrogen and oxygen atoms in total. The Kier molecular flexibility index (Phi) is 4.07. The first-order chi connectivity index (χ1) is 14.0. The lowest BCUT2D eigenvalue weighted by atomic mass is 10.2. The molecule has 146 valence electrons. The second-order valence-electron chi connectivity index (χ2n) is 6.43. The summed E-state index contributed by atoms with van der Waals surface area (Å²) >= 11 is 1.35. The molecule has 0 fully saturated rings. The number of anilines is 3. The van der Waals surface area contributed by atoms with Crippen molar-refractivity contribution in [3.63, 3.8) is 0 Å². The summed E-state index contributed by atoms with van der Waals surface area (Å²) in [4.78, 5) is 13.7. The molecule has 0 amide bonds. The molecule has 4 heterocycles. The highest BCUT2D eigenvalue weighted by Gasteiger charge is 2.35. The van der Waals surface area contributed by atoms with Gasteiger partial charge >= 0.3 is 0 Å². The van der Waals surface area contributed by atoms with Gasteiger partial charge in [-0.2, -0.15) is 5.10 Å². The van der Waals surface area contributed by atoms with Crippen LogP contribution in [0.5, 0.6) is 0 Å². The summed E-state index contributed by atoms with van der Waals surface area (Å²) in [6.45, 7) is 0.636. The van der Waals surface area contributed by atoms with Gasteiger partial charge in [0.25, 0.3) is 10.0 Å². The van der Waals surface area contributed by atoms with Gasteiger partial charge < -0.3 is 5.32 Å². The van der Waals surface area contributed by atoms with Crippen molar-refractivity contribution in [1.29, 1.82) is 0 Å². The van der Waals surface area contributed by atoms with E-state index in [2.05, 4.69) is 25.4 Å². The van der Waals surface area contributed by atoms with Crippen molar-refractivity contribution in [1.82, 2.24) is 24.7 Å². The fourth-order valence-corrected chi connectivity index (χ4v) is 5.70. The van der Waals surface area contributed by atoms with E-state index in [9.17, 15) is 8.42 Å². The fraction of sp³-hybridized carbons (Fsp3) is 0.111. The molecule has 1 aliphatic heterocycles. The van der Waals surface area contributed by atoms with Crippen LogP contribution in [0, 0.1) is 0 Å². The summed E-state index contributed by atoms with van der Waals surface area (Å²) in [7, 11) is -2.04. The molecule has 4 aromatic rings. The molecule has 3 aromatic heterocycles. The van der Waals surface area contributed by atoms with Crippen molar-refractivity contribution in [3.8, 4) is 10.6 Å². The van der Waals surface area contributed by atoms with Gasteiger partial charge in [-0.15, -0.1) is 11.3 Å². The number of aromatic nitrogens is 5. The molecule has 1 aromatic carbocycles. The summed E-state index contributed by atoms with van der Waals surface area (Å²) in [5.41, 5.74) is 2.99. The number of nitrogens with one attached hydrogen (secondary N) is 1. The van der Waals surface area contributed by atoms with Crippen LogP contribution in [-0.2, 0) is 16.6 Å². The van der Waals surface area contributed by atoms with E-state index in [1.54, 1.807) is 22.5 Å². The molecular formula is C18H15N7O2S2. The zero-order chi connectivity index (χ0) is 20.0. The van der Waals surface area contributed by atoms with Crippen LogP contribution in [0.25, 0.3) is 10.6 Å². The summed E-state index contributed by atoms with van der Waals surface area (Å²) < 4.78 is 28.2. The maximum absolute atomic E-state index is 12.6. The van der Waals surface area contributed by atoms with Gasteiger partial charge in [-0.1, -0.05) is 12.1 Å². The predicted molar refractivity (Wildman–Crippen MR) is 110 cm³/mol. The third-order valence-electron chi connectivity index (χ3n) is 4.61. The Morgan fingerprint density at radius 1 is 1.17 bits per heavy atom. The fourth-order valence-electron chi connectivity index (χ4n) is 3.11. The minimum Gasteiger partial charge on any atom is -0.324 e. The molecule has 0 atom stereocenters. The molecule has 1 N–H and O–H groups in total. The Morgan fingerprint density at radius 2 is 2.00 bits per heavy atom. The summed E-state index contributed by atoms with van der Waals surface area (Å²) in [5, 5.41) is 9.03. The maximum Gasteiger partial charge on any atom is 0.265 e. The lowest BCUT2D eigenvalue weighted by Crippen LogP contribution is -2.30. The molecule has 0 saturated carbocycles. The lowest BCUT2D eigenvalue weighted by molar-refractivity contribution is 0.594. The van der Waals surface area contributed by atoms with Gasteiger partial charge in [-0.05, 0) is 29.1 Å². The van der Waals surface area contributed by atoms with Crippen molar-refractivity contribution in [3.05, 3.63) is 60.1 Å². The van der Waals surface area contributed by atoms with Crippen molar-refractivity contribution in [2.45, 2.75) is 11.4 Å². The first kappa shape index (κ1) is 17.8. The molecular weight excluding hydrogens is 410 g/mol. The Labute approximate surface area is 170 Å². The van der Waals surface area contributed by atoms with E-state index in [0.29, 0.717) is 28.8 Å². The molecule has 0 saturated heterocycles. The highest BCUT2D eigenvalue weighted by Crippen LogP contribution is 2.44. The Hall–Kier alpha value is -3.31. The van der Waals surface area contributed by atoms with Crippen molar-refractivity contribution < 1.29 is 8.42 Å². The number of benzene rings is 1. The normalized spacial score (nSPS) is 14.3. The third kappa shape index (κ3) is 3.04. The van der Waals surface area contributed by atoms with E-state index in [0.717, 1.165) is 11.3 Å². The first-order valence-electron chi connectivity index (χ1n) is 8.64. The summed E-state index contributed by atoms with van der Waals surface area (Å²) in [6.07, 6.45) is 4.71. The van der Waals surface area contributed by atoms with Crippen LogP contribution in [-0.4, -0.2) is 40.2 Å². The smallest absolute Gasteiger partial charge is 0.265 e. The number of fused-ring (bicyclic) bond motifs is 3. The highest BCUT2D eigenvalue weighted by atomic mass is 32.2. The zero-order valence-electron chi connectivity index (χ0n) is 15.2. The van der Waals surface area contributed by atoms with Gasteiger partial charge in [0.05, 0.1) is 23.3 Å². The van der Waals surface area contributed by atoms with Crippen LogP contribution in [0.1, 0.15) is 5.56 Å². The van der Waals surface area contributed by atoms with Crippen LogP contribution in [0.3, 0.4) is 0 Å². The highest BCUT2D eigenvalue weighted by molar-refractivity contribution is 7.93. The number of rotatable bonds is 4. The van der Waals surface area contributed by atoms with Crippen molar-refractivity contribution in [2.75, 3.05) is 16.7 Å². The molecule has 0 spiro atoms. The van der Waals surface area contributed by atoms with E-state index < -0.39 is 10.0 Å². The van der Waals surface area contributed by atoms with Gasteiger partial charge in [0.15, 0.2) is 0 Å². The van der Waals surface area contributed by atoms with E-state index in [1.165, 1.54) is 35.2 Å². The van der Waals surface area contributed by atoms with E-state index in [-0.39, 0.29) is 4.90 Å². The third-order valence-corrected chi connectivity index (χ3v) is 7.48. The van der Waals surface area contributed by atoms with E-state index in [1.807, 2.05) is 24.3 Å². The second-order valence-corrected chi connectivity index (χ2v) is 9.28.